The standard InChI is InChI=1S/C19H28FN3O7/c1-10(2)13(24)28-9-19(8-20)15(29-14(25)11(3)4)18(5,27)16(30-19)23-7-6-12(21)22-17(23)26/h6-7,10-11,15-16,27H,8-9H2,1-5H3,(H2,21,22,26). The molecule has 0 spiro atoms. The topological polar surface area (TPSA) is 143 Å². The van der Waals surface area contributed by atoms with Gasteiger partial charge in [0, 0.05) is 6.20 Å². The third-order valence-corrected chi connectivity index (χ3v) is 4.82. The van der Waals surface area contributed by atoms with Gasteiger partial charge in [0.15, 0.2) is 17.9 Å². The smallest absolute Gasteiger partial charge is 0.351 e. The molecule has 0 amide bonds. The normalized spacial score (nSPS) is 28.7. The minimum Gasteiger partial charge on any atom is -0.462 e. The summed E-state index contributed by atoms with van der Waals surface area (Å²) in [5, 5.41) is 11.2. The number of anilines is 1. The van der Waals surface area contributed by atoms with Crippen molar-refractivity contribution in [1.29, 1.82) is 0 Å². The second kappa shape index (κ2) is 8.68. The highest BCUT2D eigenvalue weighted by Crippen LogP contribution is 2.46. The highest BCUT2D eigenvalue weighted by atomic mass is 19.1. The molecule has 4 unspecified atom stereocenters. The van der Waals surface area contributed by atoms with Crippen molar-refractivity contribution in [3.05, 3.63) is 22.7 Å². The first kappa shape index (κ1) is 23.7. The van der Waals surface area contributed by atoms with Crippen LogP contribution in [0.5, 0.6) is 0 Å². The largest absolute Gasteiger partial charge is 0.462 e. The molecule has 168 valence electrons. The number of aromatic nitrogens is 2. The molecule has 4 atom stereocenters. The lowest BCUT2D eigenvalue weighted by Gasteiger charge is -2.34. The number of hydrogen-bond acceptors (Lipinski definition) is 9. The lowest BCUT2D eigenvalue weighted by atomic mass is 9.88. The van der Waals surface area contributed by atoms with Crippen molar-refractivity contribution >= 4 is 17.8 Å². The zero-order valence-corrected chi connectivity index (χ0v) is 17.6. The van der Waals surface area contributed by atoms with E-state index in [0.29, 0.717) is 0 Å². The minimum absolute atomic E-state index is 0.0562. The fourth-order valence-corrected chi connectivity index (χ4v) is 3.10. The van der Waals surface area contributed by atoms with Gasteiger partial charge in [0.1, 0.15) is 24.7 Å². The molecule has 0 radical (unpaired) electrons. The first-order chi connectivity index (χ1) is 13.9. The molecule has 10 nitrogen and oxygen atoms in total. The number of ether oxygens (including phenoxy) is 3. The monoisotopic (exact) mass is 429 g/mol. The van der Waals surface area contributed by atoms with Gasteiger partial charge in [-0.05, 0) is 13.0 Å². The van der Waals surface area contributed by atoms with Crippen LogP contribution in [0.2, 0.25) is 0 Å². The molecule has 30 heavy (non-hydrogen) atoms. The summed E-state index contributed by atoms with van der Waals surface area (Å²) in [6.07, 6.45) is -1.85. The first-order valence-electron chi connectivity index (χ1n) is 9.53. The molecule has 1 aliphatic rings. The van der Waals surface area contributed by atoms with Gasteiger partial charge in [-0.2, -0.15) is 4.98 Å². The Kier molecular flexibility index (Phi) is 6.87. The maximum atomic E-state index is 14.4. The molecule has 1 aromatic heterocycles. The molecule has 0 saturated carbocycles. The van der Waals surface area contributed by atoms with Gasteiger partial charge in [0.05, 0.1) is 11.8 Å². The van der Waals surface area contributed by atoms with Crippen LogP contribution in [-0.4, -0.2) is 57.2 Å². The zero-order valence-electron chi connectivity index (χ0n) is 17.6. The van der Waals surface area contributed by atoms with Crippen molar-refractivity contribution in [3.63, 3.8) is 0 Å². The van der Waals surface area contributed by atoms with Crippen molar-refractivity contribution in [1.82, 2.24) is 9.55 Å². The van der Waals surface area contributed by atoms with Gasteiger partial charge in [-0.25, -0.2) is 9.18 Å². The van der Waals surface area contributed by atoms with Gasteiger partial charge in [-0.3, -0.25) is 14.2 Å². The Morgan fingerprint density at radius 3 is 2.43 bits per heavy atom. The van der Waals surface area contributed by atoms with Gasteiger partial charge >= 0.3 is 17.6 Å². The van der Waals surface area contributed by atoms with Crippen LogP contribution in [0.25, 0.3) is 0 Å². The molecule has 0 aromatic carbocycles. The number of alkyl halides is 1. The van der Waals surface area contributed by atoms with E-state index in [9.17, 15) is 23.9 Å². The van der Waals surface area contributed by atoms with Crippen LogP contribution in [0.4, 0.5) is 10.2 Å². The van der Waals surface area contributed by atoms with Gasteiger partial charge in [0.2, 0.25) is 0 Å². The third-order valence-electron chi connectivity index (χ3n) is 4.82. The lowest BCUT2D eigenvalue weighted by molar-refractivity contribution is -0.186. The molecule has 1 aliphatic heterocycles. The van der Waals surface area contributed by atoms with Crippen LogP contribution >= 0.6 is 0 Å². The number of rotatable bonds is 7. The summed E-state index contributed by atoms with van der Waals surface area (Å²) in [6.45, 7) is 5.64. The summed E-state index contributed by atoms with van der Waals surface area (Å²) < 4.78 is 31.6. The zero-order chi connectivity index (χ0) is 22.9. The summed E-state index contributed by atoms with van der Waals surface area (Å²) in [5.41, 5.74) is 0.532. The Morgan fingerprint density at radius 2 is 1.93 bits per heavy atom. The molecular formula is C19H28FN3O7. The van der Waals surface area contributed by atoms with E-state index >= 15 is 0 Å². The molecule has 3 N–H and O–H groups in total. The van der Waals surface area contributed by atoms with E-state index in [4.69, 9.17) is 19.9 Å². The molecule has 1 saturated heterocycles. The van der Waals surface area contributed by atoms with Gasteiger partial charge in [-0.1, -0.05) is 27.7 Å². The van der Waals surface area contributed by atoms with E-state index in [1.165, 1.54) is 19.2 Å². The van der Waals surface area contributed by atoms with Gasteiger partial charge in [-0.15, -0.1) is 0 Å². The number of nitrogen functional groups attached to an aromatic ring is 1. The fourth-order valence-electron chi connectivity index (χ4n) is 3.10. The van der Waals surface area contributed by atoms with Crippen molar-refractivity contribution in [2.45, 2.75) is 58.2 Å². The number of hydrogen-bond donors (Lipinski definition) is 2. The number of carbonyl (C=O) groups excluding carboxylic acids is 2. The highest BCUT2D eigenvalue weighted by molar-refractivity contribution is 5.72. The van der Waals surface area contributed by atoms with Crippen LogP contribution in [0.1, 0.15) is 40.8 Å². The molecule has 1 fully saturated rings. The molecule has 0 aliphatic carbocycles. The average Bonchev–Trinajstić information content (AvgIpc) is 2.87. The van der Waals surface area contributed by atoms with E-state index in [1.807, 2.05) is 0 Å². The van der Waals surface area contributed by atoms with E-state index in [-0.39, 0.29) is 5.82 Å². The summed E-state index contributed by atoms with van der Waals surface area (Å²) in [6, 6.07) is 1.30. The van der Waals surface area contributed by atoms with E-state index in [0.717, 1.165) is 4.57 Å². The summed E-state index contributed by atoms with van der Waals surface area (Å²) in [4.78, 5) is 40.1. The SMILES string of the molecule is CC(C)C(=O)OCC1(CF)OC(n2ccc(N)nc2=O)C(C)(O)C1OC(=O)C(C)C. The minimum atomic E-state index is -2.07. The predicted molar refractivity (Wildman–Crippen MR) is 103 cm³/mol. The number of aliphatic hydroxyl groups is 1. The number of esters is 2. The Morgan fingerprint density at radius 1 is 1.33 bits per heavy atom. The first-order valence-corrected chi connectivity index (χ1v) is 9.53. The Hall–Kier alpha value is -2.53. The average molecular weight is 429 g/mol. The summed E-state index contributed by atoms with van der Waals surface area (Å²) >= 11 is 0. The number of nitrogens with two attached hydrogens (primary N) is 1. The van der Waals surface area contributed by atoms with Crippen molar-refractivity contribution < 1.29 is 33.3 Å². The van der Waals surface area contributed by atoms with Crippen LogP contribution in [0, 0.1) is 11.8 Å². The van der Waals surface area contributed by atoms with Crippen LogP contribution in [-0.2, 0) is 23.8 Å². The molecule has 11 heteroatoms. The van der Waals surface area contributed by atoms with Crippen LogP contribution in [0.15, 0.2) is 17.1 Å². The molecule has 2 heterocycles. The maximum Gasteiger partial charge on any atom is 0.351 e. The quantitative estimate of drug-likeness (QED) is 0.595. The van der Waals surface area contributed by atoms with Gasteiger partial charge < -0.3 is 25.1 Å². The second-order valence-corrected chi connectivity index (χ2v) is 8.17. The van der Waals surface area contributed by atoms with E-state index in [1.54, 1.807) is 27.7 Å². The highest BCUT2D eigenvalue weighted by Gasteiger charge is 2.65. The maximum absolute atomic E-state index is 14.4. The molecule has 1 aromatic rings. The van der Waals surface area contributed by atoms with Crippen molar-refractivity contribution in [2.24, 2.45) is 11.8 Å². The lowest BCUT2D eigenvalue weighted by Crippen LogP contribution is -2.56. The fraction of sp³-hybridized carbons (Fsp3) is 0.684. The van der Waals surface area contributed by atoms with E-state index < -0.39 is 66.3 Å². The van der Waals surface area contributed by atoms with E-state index in [2.05, 4.69) is 4.98 Å². The second-order valence-electron chi connectivity index (χ2n) is 8.17. The van der Waals surface area contributed by atoms with Gasteiger partial charge in [0.25, 0.3) is 0 Å². The molecular weight excluding hydrogens is 401 g/mol. The number of carbonyl (C=O) groups is 2. The van der Waals surface area contributed by atoms with Crippen molar-refractivity contribution in [2.75, 3.05) is 19.0 Å². The third kappa shape index (κ3) is 4.46. The molecule has 0 bridgehead atoms. The summed E-state index contributed by atoms with van der Waals surface area (Å²) in [7, 11) is 0. The Balaban J connectivity index is 2.52. The number of halogens is 1. The Labute approximate surface area is 173 Å². The van der Waals surface area contributed by atoms with Crippen LogP contribution in [0.3, 0.4) is 0 Å². The number of nitrogens with zero attached hydrogens (tertiary/aromatic N) is 2. The predicted octanol–water partition coefficient (Wildman–Crippen LogP) is 0.581. The van der Waals surface area contributed by atoms with Crippen molar-refractivity contribution in [3.8, 4) is 0 Å². The molecule has 2 rings (SSSR count). The van der Waals surface area contributed by atoms with Crippen LogP contribution < -0.4 is 11.4 Å². The summed E-state index contributed by atoms with van der Waals surface area (Å²) in [5.74, 6) is -2.49. The Bertz CT molecular complexity index is 855.